The number of nitrogens with two attached hydrogens (primary N) is 1. The third kappa shape index (κ3) is 2.32. The van der Waals surface area contributed by atoms with Crippen LogP contribution in [0.1, 0.15) is 12.2 Å². The van der Waals surface area contributed by atoms with E-state index in [0.717, 1.165) is 5.82 Å². The van der Waals surface area contributed by atoms with Crippen molar-refractivity contribution in [3.63, 3.8) is 0 Å². The molecule has 0 aromatic carbocycles. The first kappa shape index (κ1) is 9.22. The molecule has 0 aliphatic heterocycles. The summed E-state index contributed by atoms with van der Waals surface area (Å²) in [6.45, 7) is 0.519. The third-order valence-electron chi connectivity index (χ3n) is 1.84. The minimum atomic E-state index is -0.365. The Bertz CT molecular complexity index is 234. The molecule has 1 rings (SSSR count). The molecule has 3 N–H and O–H groups in total. The van der Waals surface area contributed by atoms with Crippen molar-refractivity contribution in [2.45, 2.75) is 18.9 Å². The summed E-state index contributed by atoms with van der Waals surface area (Å²) < 4.78 is 1.90. The molecule has 1 aromatic rings. The van der Waals surface area contributed by atoms with Gasteiger partial charge in [0, 0.05) is 25.9 Å². The number of hydrogen-bond donors (Lipinski definition) is 2. The molecule has 0 fully saturated rings. The lowest BCUT2D eigenvalue weighted by Crippen LogP contribution is -2.17. The predicted molar refractivity (Wildman–Crippen MR) is 46.6 cm³/mol. The van der Waals surface area contributed by atoms with Gasteiger partial charge in [-0.2, -0.15) is 0 Å². The second-order valence-corrected chi connectivity index (χ2v) is 2.89. The Hall–Kier alpha value is -0.870. The van der Waals surface area contributed by atoms with Gasteiger partial charge in [-0.15, -0.1) is 0 Å². The summed E-state index contributed by atoms with van der Waals surface area (Å²) in [6.07, 6.45) is 4.44. The van der Waals surface area contributed by atoms with Crippen LogP contribution in [0.25, 0.3) is 0 Å². The fraction of sp³-hybridized carbons (Fsp3) is 0.625. The summed E-state index contributed by atoms with van der Waals surface area (Å²) >= 11 is 0. The number of aryl methyl sites for hydroxylation is 1. The van der Waals surface area contributed by atoms with E-state index in [-0.39, 0.29) is 6.10 Å². The monoisotopic (exact) mass is 169 g/mol. The Morgan fingerprint density at radius 3 is 3.00 bits per heavy atom. The van der Waals surface area contributed by atoms with E-state index in [9.17, 15) is 5.11 Å². The quantitative estimate of drug-likeness (QED) is 0.649. The van der Waals surface area contributed by atoms with Gasteiger partial charge in [0.1, 0.15) is 5.82 Å². The van der Waals surface area contributed by atoms with Gasteiger partial charge >= 0.3 is 0 Å². The van der Waals surface area contributed by atoms with E-state index in [2.05, 4.69) is 4.98 Å². The van der Waals surface area contributed by atoms with Gasteiger partial charge in [-0.05, 0) is 13.0 Å². The minimum absolute atomic E-state index is 0.365. The zero-order chi connectivity index (χ0) is 8.97. The highest BCUT2D eigenvalue weighted by atomic mass is 16.3. The normalized spacial score (nSPS) is 13.2. The summed E-state index contributed by atoms with van der Waals surface area (Å²) in [4.78, 5) is 4.10. The average molecular weight is 169 g/mol. The molecule has 0 bridgehead atoms. The van der Waals surface area contributed by atoms with E-state index >= 15 is 0 Å². The van der Waals surface area contributed by atoms with Crippen LogP contribution in [0.5, 0.6) is 0 Å². The standard InChI is InChI=1S/C8H15N3O/c1-11-5-4-10-8(11)6-7(12)2-3-9/h4-5,7,12H,2-3,6,9H2,1H3. The number of aliphatic hydroxyl groups is 1. The second-order valence-electron chi connectivity index (χ2n) is 2.89. The van der Waals surface area contributed by atoms with E-state index in [0.29, 0.717) is 19.4 Å². The number of rotatable bonds is 4. The molecule has 1 aromatic heterocycles. The van der Waals surface area contributed by atoms with E-state index < -0.39 is 0 Å². The van der Waals surface area contributed by atoms with E-state index in [1.807, 2.05) is 17.8 Å². The average Bonchev–Trinajstić information content (AvgIpc) is 2.37. The molecule has 0 amide bonds. The minimum Gasteiger partial charge on any atom is -0.393 e. The first-order valence-electron chi connectivity index (χ1n) is 4.08. The van der Waals surface area contributed by atoms with E-state index in [1.54, 1.807) is 6.20 Å². The van der Waals surface area contributed by atoms with E-state index in [4.69, 9.17) is 5.73 Å². The topological polar surface area (TPSA) is 64.1 Å². The van der Waals surface area contributed by atoms with Crippen LogP contribution < -0.4 is 5.73 Å². The van der Waals surface area contributed by atoms with Gasteiger partial charge in [0.15, 0.2) is 0 Å². The molecule has 0 saturated carbocycles. The van der Waals surface area contributed by atoms with Crippen molar-refractivity contribution in [2.24, 2.45) is 12.8 Å². The van der Waals surface area contributed by atoms with Crippen molar-refractivity contribution in [1.29, 1.82) is 0 Å². The molecule has 0 aliphatic carbocycles. The molecular formula is C8H15N3O. The Kier molecular flexibility index (Phi) is 3.25. The Labute approximate surface area is 72.0 Å². The number of aliphatic hydroxyl groups excluding tert-OH is 1. The van der Waals surface area contributed by atoms with Crippen LogP contribution in [-0.2, 0) is 13.5 Å². The Balaban J connectivity index is 2.46. The van der Waals surface area contributed by atoms with E-state index in [1.165, 1.54) is 0 Å². The molecule has 0 saturated heterocycles. The molecule has 68 valence electrons. The number of imidazole rings is 1. The largest absolute Gasteiger partial charge is 0.393 e. The van der Waals surface area contributed by atoms with Gasteiger partial charge in [-0.25, -0.2) is 4.98 Å². The van der Waals surface area contributed by atoms with Gasteiger partial charge < -0.3 is 15.4 Å². The van der Waals surface area contributed by atoms with Crippen molar-refractivity contribution in [1.82, 2.24) is 9.55 Å². The number of aromatic nitrogens is 2. The molecule has 0 radical (unpaired) electrons. The summed E-state index contributed by atoms with van der Waals surface area (Å²) in [5.74, 6) is 0.899. The lowest BCUT2D eigenvalue weighted by molar-refractivity contribution is 0.164. The smallest absolute Gasteiger partial charge is 0.110 e. The Morgan fingerprint density at radius 1 is 1.75 bits per heavy atom. The third-order valence-corrected chi connectivity index (χ3v) is 1.84. The van der Waals surface area contributed by atoms with Crippen molar-refractivity contribution >= 4 is 0 Å². The zero-order valence-electron chi connectivity index (χ0n) is 7.27. The maximum absolute atomic E-state index is 9.41. The molecule has 4 nitrogen and oxygen atoms in total. The van der Waals surface area contributed by atoms with Gasteiger partial charge in [-0.3, -0.25) is 0 Å². The van der Waals surface area contributed by atoms with Crippen LogP contribution >= 0.6 is 0 Å². The van der Waals surface area contributed by atoms with Crippen molar-refractivity contribution in [2.75, 3.05) is 6.54 Å². The molecule has 1 heterocycles. The van der Waals surface area contributed by atoms with Crippen LogP contribution in [0.2, 0.25) is 0 Å². The Morgan fingerprint density at radius 2 is 2.50 bits per heavy atom. The SMILES string of the molecule is Cn1ccnc1CC(O)CCN. The fourth-order valence-corrected chi connectivity index (χ4v) is 1.10. The highest BCUT2D eigenvalue weighted by molar-refractivity contribution is 4.92. The molecule has 0 aliphatic rings. The molecular weight excluding hydrogens is 154 g/mol. The lowest BCUT2D eigenvalue weighted by atomic mass is 10.2. The van der Waals surface area contributed by atoms with Gasteiger partial charge in [0.2, 0.25) is 0 Å². The molecule has 1 unspecified atom stereocenters. The number of nitrogens with zero attached hydrogens (tertiary/aromatic N) is 2. The predicted octanol–water partition coefficient (Wildman–Crippen LogP) is -0.328. The van der Waals surface area contributed by atoms with Crippen LogP contribution in [0.3, 0.4) is 0 Å². The van der Waals surface area contributed by atoms with Gasteiger partial charge in [0.25, 0.3) is 0 Å². The van der Waals surface area contributed by atoms with Crippen molar-refractivity contribution < 1.29 is 5.11 Å². The van der Waals surface area contributed by atoms with Crippen LogP contribution in [-0.4, -0.2) is 27.3 Å². The van der Waals surface area contributed by atoms with Gasteiger partial charge in [-0.1, -0.05) is 0 Å². The highest BCUT2D eigenvalue weighted by Gasteiger charge is 2.07. The maximum atomic E-state index is 9.41. The van der Waals surface area contributed by atoms with Crippen LogP contribution in [0.15, 0.2) is 12.4 Å². The molecule has 4 heteroatoms. The summed E-state index contributed by atoms with van der Waals surface area (Å²) in [7, 11) is 1.91. The first-order chi connectivity index (χ1) is 5.74. The fourth-order valence-electron chi connectivity index (χ4n) is 1.10. The lowest BCUT2D eigenvalue weighted by Gasteiger charge is -2.08. The van der Waals surface area contributed by atoms with Gasteiger partial charge in [0.05, 0.1) is 6.10 Å². The molecule has 12 heavy (non-hydrogen) atoms. The second kappa shape index (κ2) is 4.23. The van der Waals surface area contributed by atoms with Crippen molar-refractivity contribution in [3.8, 4) is 0 Å². The zero-order valence-corrected chi connectivity index (χ0v) is 7.27. The van der Waals surface area contributed by atoms with Crippen molar-refractivity contribution in [3.05, 3.63) is 18.2 Å². The highest BCUT2D eigenvalue weighted by Crippen LogP contribution is 2.01. The molecule has 1 atom stereocenters. The summed E-state index contributed by atoms with van der Waals surface area (Å²) in [6, 6.07) is 0. The first-order valence-corrected chi connectivity index (χ1v) is 4.08. The number of hydrogen-bond acceptors (Lipinski definition) is 3. The van der Waals surface area contributed by atoms with Crippen LogP contribution in [0.4, 0.5) is 0 Å². The van der Waals surface area contributed by atoms with Crippen LogP contribution in [0, 0.1) is 0 Å². The maximum Gasteiger partial charge on any atom is 0.110 e. The summed E-state index contributed by atoms with van der Waals surface area (Å²) in [5.41, 5.74) is 5.31. The molecule has 0 spiro atoms. The summed E-state index contributed by atoms with van der Waals surface area (Å²) in [5, 5.41) is 9.41.